The van der Waals surface area contributed by atoms with E-state index in [2.05, 4.69) is 18.0 Å². The number of hydrogen-bond donors (Lipinski definition) is 0. The number of para-hydroxylation sites is 1. The topological polar surface area (TPSA) is 32.8 Å². The molecule has 4 rings (SSSR count). The fourth-order valence-corrected chi connectivity index (χ4v) is 4.32. The molecule has 1 atom stereocenters. The summed E-state index contributed by atoms with van der Waals surface area (Å²) >= 11 is 12.7. The Morgan fingerprint density at radius 3 is 2.72 bits per heavy atom. The van der Waals surface area contributed by atoms with Gasteiger partial charge in [-0.15, -0.1) is 0 Å². The van der Waals surface area contributed by atoms with E-state index in [0.29, 0.717) is 23.2 Å². The second kappa shape index (κ2) is 6.52. The largest absolute Gasteiger partial charge is 0.447 e. The third-order valence-electron chi connectivity index (χ3n) is 4.86. The quantitative estimate of drug-likeness (QED) is 0.771. The Balaban J connectivity index is 1.85. The summed E-state index contributed by atoms with van der Waals surface area (Å²) < 4.78 is 5.13. The van der Waals surface area contributed by atoms with Crippen LogP contribution in [-0.4, -0.2) is 37.7 Å². The van der Waals surface area contributed by atoms with Crippen LogP contribution >= 0.6 is 23.2 Å². The van der Waals surface area contributed by atoms with Crippen LogP contribution in [0.1, 0.15) is 22.6 Å². The predicted molar refractivity (Wildman–Crippen MR) is 99.8 cm³/mol. The number of halogens is 2. The maximum absolute atomic E-state index is 12.1. The van der Waals surface area contributed by atoms with Gasteiger partial charge in [-0.3, -0.25) is 4.90 Å². The molecule has 25 heavy (non-hydrogen) atoms. The number of benzene rings is 2. The second-order valence-corrected chi connectivity index (χ2v) is 7.37. The van der Waals surface area contributed by atoms with Crippen molar-refractivity contribution in [1.82, 2.24) is 4.90 Å². The van der Waals surface area contributed by atoms with E-state index in [-0.39, 0.29) is 12.0 Å². The summed E-state index contributed by atoms with van der Waals surface area (Å²) in [7, 11) is 2.08. The summed E-state index contributed by atoms with van der Waals surface area (Å²) in [6.45, 7) is 2.62. The first-order valence-corrected chi connectivity index (χ1v) is 9.00. The lowest BCUT2D eigenvalue weighted by Crippen LogP contribution is -2.33. The molecule has 4 nitrogen and oxygen atoms in total. The highest BCUT2D eigenvalue weighted by atomic mass is 35.5. The van der Waals surface area contributed by atoms with Crippen LogP contribution in [0.3, 0.4) is 0 Å². The molecule has 0 spiro atoms. The summed E-state index contributed by atoms with van der Waals surface area (Å²) in [6, 6.07) is 11.8. The molecule has 2 aromatic carbocycles. The number of amides is 1. The number of hydrogen-bond acceptors (Lipinski definition) is 3. The predicted octanol–water partition coefficient (Wildman–Crippen LogP) is 4.53. The van der Waals surface area contributed by atoms with Gasteiger partial charge >= 0.3 is 6.09 Å². The molecule has 6 heteroatoms. The Morgan fingerprint density at radius 1 is 1.16 bits per heavy atom. The Bertz CT molecular complexity index is 840. The number of anilines is 1. The molecule has 0 saturated carbocycles. The van der Waals surface area contributed by atoms with Gasteiger partial charge in [0.2, 0.25) is 0 Å². The molecule has 0 N–H and O–H groups in total. The molecule has 0 aliphatic carbocycles. The number of carbonyl (C=O) groups excluding carboxylic acids is 1. The van der Waals surface area contributed by atoms with Gasteiger partial charge in [-0.25, -0.2) is 4.79 Å². The highest BCUT2D eigenvalue weighted by Crippen LogP contribution is 2.41. The number of rotatable bonds is 2. The zero-order valence-electron chi connectivity index (χ0n) is 13.8. The van der Waals surface area contributed by atoms with Gasteiger partial charge in [0.1, 0.15) is 6.61 Å². The second-order valence-electron chi connectivity index (χ2n) is 6.53. The monoisotopic (exact) mass is 376 g/mol. The first kappa shape index (κ1) is 16.7. The smallest absolute Gasteiger partial charge is 0.414 e. The van der Waals surface area contributed by atoms with Gasteiger partial charge in [-0.2, -0.15) is 0 Å². The van der Waals surface area contributed by atoms with Crippen molar-refractivity contribution in [3.63, 3.8) is 0 Å². The zero-order chi connectivity index (χ0) is 17.6. The Kier molecular flexibility index (Phi) is 4.36. The summed E-state index contributed by atoms with van der Waals surface area (Å²) in [5.41, 5.74) is 4.22. The lowest BCUT2D eigenvalue weighted by Gasteiger charge is -2.35. The van der Waals surface area contributed by atoms with E-state index in [4.69, 9.17) is 27.9 Å². The summed E-state index contributed by atoms with van der Waals surface area (Å²) in [4.78, 5) is 16.0. The average Bonchev–Trinajstić information content (AvgIpc) is 3.01. The van der Waals surface area contributed by atoms with Crippen LogP contribution in [0.25, 0.3) is 0 Å². The van der Waals surface area contributed by atoms with E-state index >= 15 is 0 Å². The summed E-state index contributed by atoms with van der Waals surface area (Å²) in [6.07, 6.45) is -0.291. The van der Waals surface area contributed by atoms with Crippen LogP contribution in [-0.2, 0) is 11.3 Å². The van der Waals surface area contributed by atoms with Crippen LogP contribution in [0.5, 0.6) is 0 Å². The molecule has 130 valence electrons. The van der Waals surface area contributed by atoms with Crippen molar-refractivity contribution >= 4 is 35.0 Å². The molecule has 1 fully saturated rings. The SMILES string of the molecule is CN1Cc2c(Cl)cc(Cl)cc2C(c2ccccc2N2CCOC2=O)C1. The molecule has 0 aromatic heterocycles. The molecule has 2 aliphatic rings. The van der Waals surface area contributed by atoms with Gasteiger partial charge < -0.3 is 9.64 Å². The fraction of sp³-hybridized carbons (Fsp3) is 0.316. The third-order valence-corrected chi connectivity index (χ3v) is 5.41. The fourth-order valence-electron chi connectivity index (χ4n) is 3.75. The third kappa shape index (κ3) is 2.99. The molecule has 0 bridgehead atoms. The van der Waals surface area contributed by atoms with Crippen LogP contribution in [0.4, 0.5) is 10.5 Å². The van der Waals surface area contributed by atoms with Gasteiger partial charge in [0.15, 0.2) is 0 Å². The van der Waals surface area contributed by atoms with Gasteiger partial charge in [-0.05, 0) is 41.9 Å². The van der Waals surface area contributed by atoms with E-state index in [9.17, 15) is 4.79 Å². The average molecular weight is 377 g/mol. The maximum atomic E-state index is 12.1. The van der Waals surface area contributed by atoms with Crippen molar-refractivity contribution in [3.8, 4) is 0 Å². The molecular formula is C19H18Cl2N2O2. The zero-order valence-corrected chi connectivity index (χ0v) is 15.3. The minimum Gasteiger partial charge on any atom is -0.447 e. The molecule has 2 aromatic rings. The number of likely N-dealkylation sites (N-methyl/N-ethyl adjacent to an activating group) is 1. The highest BCUT2D eigenvalue weighted by molar-refractivity contribution is 6.35. The van der Waals surface area contributed by atoms with Crippen molar-refractivity contribution in [2.75, 3.05) is 31.6 Å². The molecule has 2 aliphatic heterocycles. The summed E-state index contributed by atoms with van der Waals surface area (Å²) in [5, 5.41) is 1.33. The number of cyclic esters (lactones) is 1. The van der Waals surface area contributed by atoms with Gasteiger partial charge in [0.05, 0.1) is 12.2 Å². The van der Waals surface area contributed by atoms with Crippen LogP contribution in [0.15, 0.2) is 36.4 Å². The molecule has 0 radical (unpaired) electrons. The standard InChI is InChI=1S/C19H18Cl2N2O2/c1-22-10-15(14-8-12(20)9-17(21)16(14)11-22)13-4-2-3-5-18(13)23-6-7-25-19(23)24/h2-5,8-9,15H,6-7,10-11H2,1H3. The number of carbonyl (C=O) groups is 1. The lowest BCUT2D eigenvalue weighted by atomic mass is 9.84. The lowest BCUT2D eigenvalue weighted by molar-refractivity contribution is 0.181. The number of fused-ring (bicyclic) bond motifs is 1. The van der Waals surface area contributed by atoms with Crippen molar-refractivity contribution in [2.45, 2.75) is 12.5 Å². The Labute approximate surface area is 156 Å². The van der Waals surface area contributed by atoms with Gasteiger partial charge in [0.25, 0.3) is 0 Å². The molecular weight excluding hydrogens is 359 g/mol. The van der Waals surface area contributed by atoms with E-state index in [1.54, 1.807) is 11.0 Å². The maximum Gasteiger partial charge on any atom is 0.414 e. The molecule has 1 unspecified atom stereocenters. The highest BCUT2D eigenvalue weighted by Gasteiger charge is 2.32. The van der Waals surface area contributed by atoms with Crippen molar-refractivity contribution < 1.29 is 9.53 Å². The molecule has 1 amide bonds. The van der Waals surface area contributed by atoms with E-state index in [1.165, 1.54) is 0 Å². The Hall–Kier alpha value is -1.75. The van der Waals surface area contributed by atoms with Gasteiger partial charge in [0, 0.05) is 29.1 Å². The Morgan fingerprint density at radius 2 is 1.96 bits per heavy atom. The molecule has 1 saturated heterocycles. The van der Waals surface area contributed by atoms with Crippen LogP contribution in [0.2, 0.25) is 10.0 Å². The number of ether oxygens (including phenoxy) is 1. The van der Waals surface area contributed by atoms with Gasteiger partial charge in [-0.1, -0.05) is 41.4 Å². The minimum absolute atomic E-state index is 0.0922. The minimum atomic E-state index is -0.291. The van der Waals surface area contributed by atoms with Crippen molar-refractivity contribution in [1.29, 1.82) is 0 Å². The summed E-state index contributed by atoms with van der Waals surface area (Å²) in [5.74, 6) is 0.0922. The normalized spacial score (nSPS) is 20.5. The van der Waals surface area contributed by atoms with Crippen LogP contribution in [0, 0.1) is 0 Å². The van der Waals surface area contributed by atoms with E-state index in [1.807, 2.05) is 24.3 Å². The van der Waals surface area contributed by atoms with E-state index in [0.717, 1.165) is 35.5 Å². The molecule has 2 heterocycles. The van der Waals surface area contributed by atoms with E-state index < -0.39 is 0 Å². The van der Waals surface area contributed by atoms with Crippen LogP contribution < -0.4 is 4.90 Å². The van der Waals surface area contributed by atoms with Crippen molar-refractivity contribution in [2.24, 2.45) is 0 Å². The number of nitrogens with zero attached hydrogens (tertiary/aromatic N) is 2. The first-order chi connectivity index (χ1) is 12.0. The first-order valence-electron chi connectivity index (χ1n) is 8.24. The van der Waals surface area contributed by atoms with Crippen molar-refractivity contribution in [3.05, 3.63) is 63.1 Å².